The summed E-state index contributed by atoms with van der Waals surface area (Å²) in [6.07, 6.45) is 0. The van der Waals surface area contributed by atoms with Crippen LogP contribution in [0, 0.1) is 46.9 Å². The molecule has 0 spiro atoms. The first-order valence-corrected chi connectivity index (χ1v) is 2.78. The Morgan fingerprint density at radius 3 is 0.692 bits per heavy atom. The van der Waals surface area contributed by atoms with Crippen LogP contribution in [0.25, 0.3) is 0 Å². The van der Waals surface area contributed by atoms with Crippen LogP contribution in [0.1, 0.15) is 20.8 Å². The summed E-state index contributed by atoms with van der Waals surface area (Å²) in [5.41, 5.74) is 0. The van der Waals surface area contributed by atoms with Gasteiger partial charge in [-0.25, -0.2) is 0 Å². The van der Waals surface area contributed by atoms with Crippen LogP contribution in [0.5, 0.6) is 0 Å². The molecule has 0 unspecified atom stereocenters. The van der Waals surface area contributed by atoms with Crippen molar-refractivity contribution in [1.29, 1.82) is 0 Å². The maximum Gasteiger partial charge on any atom is 0.300 e. The van der Waals surface area contributed by atoms with Crippen LogP contribution >= 0.6 is 0 Å². The van der Waals surface area contributed by atoms with E-state index in [-0.39, 0.29) is 46.9 Å². The van der Waals surface area contributed by atoms with E-state index in [0.717, 1.165) is 20.8 Å². The van der Waals surface area contributed by atoms with Crippen LogP contribution in [-0.2, 0) is 14.4 Å². The minimum Gasteiger partial charge on any atom is -0.481 e. The largest absolute Gasteiger partial charge is 0.481 e. The number of aliphatic carboxylic acids is 3. The van der Waals surface area contributed by atoms with E-state index in [1.807, 2.05) is 0 Å². The molecule has 0 saturated heterocycles. The molecule has 3 N–H and O–H groups in total. The van der Waals surface area contributed by atoms with Gasteiger partial charge in [0.05, 0.1) is 0 Å². The van der Waals surface area contributed by atoms with Gasteiger partial charge in [-0.1, -0.05) is 0 Å². The van der Waals surface area contributed by atoms with Gasteiger partial charge in [-0.15, -0.1) is 0 Å². The molecule has 7 heteroatoms. The molecule has 0 heterocycles. The van der Waals surface area contributed by atoms with E-state index in [1.165, 1.54) is 0 Å². The molecular formula is C6H12O6Yb. The van der Waals surface area contributed by atoms with Crippen molar-refractivity contribution < 1.29 is 76.6 Å². The summed E-state index contributed by atoms with van der Waals surface area (Å²) in [5, 5.41) is 22.2. The number of hydrogen-bond donors (Lipinski definition) is 3. The first-order chi connectivity index (χ1) is 5.20. The number of carboxylic acid groups (broad SMARTS) is 3. The van der Waals surface area contributed by atoms with E-state index in [4.69, 9.17) is 29.7 Å². The molecule has 0 amide bonds. The fourth-order valence-corrected chi connectivity index (χ4v) is 0. The van der Waals surface area contributed by atoms with Gasteiger partial charge < -0.3 is 15.3 Å². The smallest absolute Gasteiger partial charge is 0.300 e. The zero-order chi connectivity index (χ0) is 10.7. The van der Waals surface area contributed by atoms with Crippen LogP contribution < -0.4 is 0 Å². The van der Waals surface area contributed by atoms with Gasteiger partial charge in [0.2, 0.25) is 0 Å². The van der Waals surface area contributed by atoms with Crippen LogP contribution in [0.2, 0.25) is 0 Å². The third-order valence-corrected chi connectivity index (χ3v) is 0. The van der Waals surface area contributed by atoms with Crippen molar-refractivity contribution in [2.45, 2.75) is 20.8 Å². The van der Waals surface area contributed by atoms with Gasteiger partial charge in [-0.05, 0) is 0 Å². The Hall–Kier alpha value is -0.0705. The van der Waals surface area contributed by atoms with Gasteiger partial charge in [0.15, 0.2) is 0 Å². The van der Waals surface area contributed by atoms with Crippen molar-refractivity contribution >= 4 is 17.9 Å². The number of carbonyl (C=O) groups is 3. The summed E-state index contributed by atoms with van der Waals surface area (Å²) in [6, 6.07) is 0. The Morgan fingerprint density at radius 2 is 0.692 bits per heavy atom. The van der Waals surface area contributed by atoms with Gasteiger partial charge in [-0.2, -0.15) is 0 Å². The van der Waals surface area contributed by atoms with Gasteiger partial charge in [0.25, 0.3) is 17.9 Å². The summed E-state index contributed by atoms with van der Waals surface area (Å²) in [4.78, 5) is 27.0. The molecule has 13 heavy (non-hydrogen) atoms. The van der Waals surface area contributed by atoms with E-state index in [0.29, 0.717) is 0 Å². The molecule has 0 bridgehead atoms. The third-order valence-electron chi connectivity index (χ3n) is 0. The summed E-state index contributed by atoms with van der Waals surface area (Å²) in [5.74, 6) is -2.50. The normalized spacial score (nSPS) is 5.77. The molecule has 86 valence electrons. The van der Waals surface area contributed by atoms with Crippen molar-refractivity contribution in [2.75, 3.05) is 0 Å². The zero-order valence-corrected chi connectivity index (χ0v) is 9.05. The fourth-order valence-electron chi connectivity index (χ4n) is 0. The first kappa shape index (κ1) is 23.1. The quantitative estimate of drug-likeness (QED) is 0.577. The first-order valence-electron chi connectivity index (χ1n) is 2.78. The van der Waals surface area contributed by atoms with E-state index in [2.05, 4.69) is 0 Å². The summed E-state index contributed by atoms with van der Waals surface area (Å²) < 4.78 is 0. The topological polar surface area (TPSA) is 112 Å². The second-order valence-electron chi connectivity index (χ2n) is 1.56. The molecule has 6 nitrogen and oxygen atoms in total. The molecule has 0 aliphatic carbocycles. The molecule has 0 aromatic carbocycles. The molecule has 0 aliphatic heterocycles. The van der Waals surface area contributed by atoms with Crippen LogP contribution in [0.4, 0.5) is 0 Å². The maximum absolute atomic E-state index is 9.00. The maximum atomic E-state index is 9.00. The second-order valence-corrected chi connectivity index (χ2v) is 1.56. The van der Waals surface area contributed by atoms with Crippen molar-refractivity contribution in [2.24, 2.45) is 0 Å². The monoisotopic (exact) mass is 354 g/mol. The number of rotatable bonds is 0. The van der Waals surface area contributed by atoms with Crippen molar-refractivity contribution in [3.8, 4) is 0 Å². The minimum absolute atomic E-state index is 0. The third kappa shape index (κ3) is 237000. The molecule has 0 atom stereocenters. The van der Waals surface area contributed by atoms with Gasteiger partial charge in [-0.3, -0.25) is 14.4 Å². The molecule has 0 saturated carbocycles. The zero-order valence-electron chi connectivity index (χ0n) is 7.33. The Bertz CT molecular complexity index is 115. The molecule has 0 aromatic rings. The van der Waals surface area contributed by atoms with Crippen molar-refractivity contribution in [3.63, 3.8) is 0 Å². The Kier molecular flexibility index (Phi) is 31.7. The Morgan fingerprint density at radius 1 is 0.692 bits per heavy atom. The standard InChI is InChI=1S/3C2H4O2.Yb/c3*1-2(3)4;/h3*1H3,(H,3,4);. The fraction of sp³-hybridized carbons (Fsp3) is 0.500. The average Bonchev–Trinajstić information content (AvgIpc) is 1.54. The summed E-state index contributed by atoms with van der Waals surface area (Å²) >= 11 is 0. The SMILES string of the molecule is CC(=O)O.CC(=O)O.CC(=O)O.[Yb]. The van der Waals surface area contributed by atoms with Gasteiger partial charge in [0.1, 0.15) is 0 Å². The number of hydrogen-bond acceptors (Lipinski definition) is 3. The molecule has 0 aromatic heterocycles. The molecule has 0 aliphatic rings. The van der Waals surface area contributed by atoms with E-state index in [1.54, 1.807) is 0 Å². The van der Waals surface area contributed by atoms with Gasteiger partial charge in [0, 0.05) is 67.7 Å². The molecular weight excluding hydrogens is 341 g/mol. The Balaban J connectivity index is -0.0000000450. The summed E-state index contributed by atoms with van der Waals surface area (Å²) in [7, 11) is 0. The predicted octanol–water partition coefficient (Wildman–Crippen LogP) is 0.273. The molecule has 0 fully saturated rings. The molecule has 0 rings (SSSR count). The summed E-state index contributed by atoms with van der Waals surface area (Å²) in [6.45, 7) is 3.25. The van der Waals surface area contributed by atoms with Gasteiger partial charge >= 0.3 is 0 Å². The van der Waals surface area contributed by atoms with E-state index < -0.39 is 17.9 Å². The van der Waals surface area contributed by atoms with Crippen molar-refractivity contribution in [1.82, 2.24) is 0 Å². The van der Waals surface area contributed by atoms with Crippen LogP contribution in [0.3, 0.4) is 0 Å². The molecule has 0 radical (unpaired) electrons. The Labute approximate surface area is 114 Å². The van der Waals surface area contributed by atoms with Crippen LogP contribution in [0.15, 0.2) is 0 Å². The number of carboxylic acids is 3. The second kappa shape index (κ2) is 17.9. The van der Waals surface area contributed by atoms with E-state index in [9.17, 15) is 0 Å². The van der Waals surface area contributed by atoms with Crippen LogP contribution in [-0.4, -0.2) is 33.2 Å². The van der Waals surface area contributed by atoms with Crippen molar-refractivity contribution in [3.05, 3.63) is 0 Å². The predicted molar refractivity (Wildman–Crippen MR) is 39.9 cm³/mol. The van der Waals surface area contributed by atoms with E-state index >= 15 is 0 Å². The minimum atomic E-state index is -0.833. The average molecular weight is 353 g/mol.